The number of benzene rings is 1. The van der Waals surface area contributed by atoms with Crippen LogP contribution in [0.4, 0.5) is 0 Å². The number of aromatic nitrogens is 3. The molecule has 21 heavy (non-hydrogen) atoms. The van der Waals surface area contributed by atoms with Crippen LogP contribution in [0, 0.1) is 0 Å². The number of carbonyl (C=O) groups is 1. The maximum absolute atomic E-state index is 12.4. The van der Waals surface area contributed by atoms with Gasteiger partial charge in [0, 0.05) is 13.1 Å². The lowest BCUT2D eigenvalue weighted by molar-refractivity contribution is 0.0311. The van der Waals surface area contributed by atoms with E-state index in [1.54, 1.807) is 18.7 Å². The van der Waals surface area contributed by atoms with Gasteiger partial charge in [-0.3, -0.25) is 4.79 Å². The number of likely N-dealkylation sites (N-methyl/N-ethyl adjacent to an activating group) is 1. The van der Waals surface area contributed by atoms with Gasteiger partial charge in [-0.2, -0.15) is 9.90 Å². The van der Waals surface area contributed by atoms with E-state index in [0.29, 0.717) is 6.54 Å². The van der Waals surface area contributed by atoms with Gasteiger partial charge in [0.2, 0.25) is 0 Å². The van der Waals surface area contributed by atoms with E-state index in [-0.39, 0.29) is 18.1 Å². The summed E-state index contributed by atoms with van der Waals surface area (Å²) >= 11 is 0. The Morgan fingerprint density at radius 1 is 1.33 bits per heavy atom. The molecule has 2 aromatic rings. The average molecular weight is 288 g/mol. The second-order valence-electron chi connectivity index (χ2n) is 5.49. The molecule has 0 spiro atoms. The van der Waals surface area contributed by atoms with Crippen molar-refractivity contribution in [2.75, 3.05) is 13.1 Å². The van der Waals surface area contributed by atoms with Gasteiger partial charge in [-0.05, 0) is 32.9 Å². The highest BCUT2D eigenvalue weighted by Gasteiger charge is 2.24. The summed E-state index contributed by atoms with van der Waals surface area (Å²) in [5.41, 5.74) is 0.119. The standard InChI is InChI=1S/C15H20N4O2/c1-4-18(11-15(2,3)21)14(20)13-10-16-19(17-13)12-8-6-5-7-9-12/h5-10,21H,4,11H2,1-3H3. The van der Waals surface area contributed by atoms with Crippen molar-refractivity contribution in [2.45, 2.75) is 26.4 Å². The second kappa shape index (κ2) is 6.05. The Morgan fingerprint density at radius 3 is 2.57 bits per heavy atom. The number of hydrogen-bond donors (Lipinski definition) is 1. The number of amides is 1. The monoisotopic (exact) mass is 288 g/mol. The maximum Gasteiger partial charge on any atom is 0.276 e. The first-order valence-corrected chi connectivity index (χ1v) is 6.90. The van der Waals surface area contributed by atoms with Gasteiger partial charge in [0.25, 0.3) is 5.91 Å². The van der Waals surface area contributed by atoms with E-state index in [9.17, 15) is 9.90 Å². The highest BCUT2D eigenvalue weighted by molar-refractivity contribution is 5.92. The van der Waals surface area contributed by atoms with Gasteiger partial charge in [0.15, 0.2) is 5.69 Å². The van der Waals surface area contributed by atoms with Crippen LogP contribution in [-0.2, 0) is 0 Å². The molecule has 1 heterocycles. The Morgan fingerprint density at radius 2 is 2.00 bits per heavy atom. The van der Waals surface area contributed by atoms with Gasteiger partial charge < -0.3 is 10.0 Å². The maximum atomic E-state index is 12.4. The summed E-state index contributed by atoms with van der Waals surface area (Å²) in [5, 5.41) is 18.2. The molecule has 0 aliphatic heterocycles. The number of aliphatic hydroxyl groups is 1. The van der Waals surface area contributed by atoms with Crippen LogP contribution >= 0.6 is 0 Å². The van der Waals surface area contributed by atoms with Gasteiger partial charge in [0.1, 0.15) is 0 Å². The Bertz CT molecular complexity index is 602. The molecule has 1 aromatic heterocycles. The normalized spacial score (nSPS) is 11.4. The summed E-state index contributed by atoms with van der Waals surface area (Å²) < 4.78 is 0. The molecule has 0 aliphatic rings. The van der Waals surface area contributed by atoms with Crippen LogP contribution in [0.2, 0.25) is 0 Å². The van der Waals surface area contributed by atoms with Crippen LogP contribution in [0.15, 0.2) is 36.5 Å². The number of carbonyl (C=O) groups excluding carboxylic acids is 1. The molecule has 6 heteroatoms. The fraction of sp³-hybridized carbons (Fsp3) is 0.400. The minimum Gasteiger partial charge on any atom is -0.389 e. The second-order valence-corrected chi connectivity index (χ2v) is 5.49. The molecule has 1 N–H and O–H groups in total. The lowest BCUT2D eigenvalue weighted by Crippen LogP contribution is -2.42. The Labute approximate surface area is 124 Å². The summed E-state index contributed by atoms with van der Waals surface area (Å²) in [6.07, 6.45) is 1.45. The zero-order valence-corrected chi connectivity index (χ0v) is 12.5. The first-order chi connectivity index (χ1) is 9.90. The predicted molar refractivity (Wildman–Crippen MR) is 79.2 cm³/mol. The Balaban J connectivity index is 2.18. The van der Waals surface area contributed by atoms with Crippen molar-refractivity contribution in [3.8, 4) is 5.69 Å². The summed E-state index contributed by atoms with van der Waals surface area (Å²) in [4.78, 5) is 15.4. The van der Waals surface area contributed by atoms with E-state index in [0.717, 1.165) is 5.69 Å². The van der Waals surface area contributed by atoms with Gasteiger partial charge in [-0.1, -0.05) is 18.2 Å². The number of nitrogens with zero attached hydrogens (tertiary/aromatic N) is 4. The van der Waals surface area contributed by atoms with Crippen molar-refractivity contribution in [3.63, 3.8) is 0 Å². The van der Waals surface area contributed by atoms with Crippen molar-refractivity contribution in [1.82, 2.24) is 19.9 Å². The zero-order valence-electron chi connectivity index (χ0n) is 12.5. The number of para-hydroxylation sites is 1. The highest BCUT2D eigenvalue weighted by Crippen LogP contribution is 2.10. The summed E-state index contributed by atoms with van der Waals surface area (Å²) in [6, 6.07) is 9.40. The molecule has 0 saturated heterocycles. The molecule has 1 aromatic carbocycles. The van der Waals surface area contributed by atoms with E-state index >= 15 is 0 Å². The zero-order chi connectivity index (χ0) is 15.5. The fourth-order valence-electron chi connectivity index (χ4n) is 2.00. The minimum absolute atomic E-state index is 0.234. The van der Waals surface area contributed by atoms with Crippen LogP contribution < -0.4 is 0 Å². The molecule has 0 aliphatic carbocycles. The van der Waals surface area contributed by atoms with Crippen LogP contribution in [0.1, 0.15) is 31.3 Å². The molecule has 0 bridgehead atoms. The van der Waals surface area contributed by atoms with E-state index in [2.05, 4.69) is 10.2 Å². The molecular formula is C15H20N4O2. The minimum atomic E-state index is -0.943. The van der Waals surface area contributed by atoms with E-state index in [1.807, 2.05) is 37.3 Å². The van der Waals surface area contributed by atoms with Crippen molar-refractivity contribution in [2.24, 2.45) is 0 Å². The van der Waals surface area contributed by atoms with Crippen LogP contribution in [0.5, 0.6) is 0 Å². The topological polar surface area (TPSA) is 71.2 Å². The lowest BCUT2D eigenvalue weighted by Gasteiger charge is -2.27. The lowest BCUT2D eigenvalue weighted by atomic mass is 10.1. The molecule has 0 saturated carbocycles. The fourth-order valence-corrected chi connectivity index (χ4v) is 2.00. The summed E-state index contributed by atoms with van der Waals surface area (Å²) in [5.74, 6) is -0.234. The average Bonchev–Trinajstić information content (AvgIpc) is 2.94. The summed E-state index contributed by atoms with van der Waals surface area (Å²) in [6.45, 7) is 5.96. The number of rotatable bonds is 5. The van der Waals surface area contributed by atoms with Crippen molar-refractivity contribution in [1.29, 1.82) is 0 Å². The van der Waals surface area contributed by atoms with E-state index in [1.165, 1.54) is 11.0 Å². The Hall–Kier alpha value is -2.21. The largest absolute Gasteiger partial charge is 0.389 e. The molecule has 1 amide bonds. The molecule has 0 atom stereocenters. The predicted octanol–water partition coefficient (Wildman–Crippen LogP) is 1.50. The smallest absolute Gasteiger partial charge is 0.276 e. The quantitative estimate of drug-likeness (QED) is 0.905. The SMILES string of the molecule is CCN(CC(C)(C)O)C(=O)c1cnn(-c2ccccc2)n1. The number of hydrogen-bond acceptors (Lipinski definition) is 4. The van der Waals surface area contributed by atoms with Crippen LogP contribution in [-0.4, -0.2) is 49.6 Å². The van der Waals surface area contributed by atoms with Gasteiger partial charge >= 0.3 is 0 Å². The summed E-state index contributed by atoms with van der Waals surface area (Å²) in [7, 11) is 0. The third-order valence-electron chi connectivity index (χ3n) is 2.94. The van der Waals surface area contributed by atoms with E-state index < -0.39 is 5.60 Å². The van der Waals surface area contributed by atoms with Crippen molar-refractivity contribution < 1.29 is 9.90 Å². The molecule has 6 nitrogen and oxygen atoms in total. The highest BCUT2D eigenvalue weighted by atomic mass is 16.3. The molecule has 112 valence electrons. The van der Waals surface area contributed by atoms with Crippen LogP contribution in [0.3, 0.4) is 0 Å². The Kier molecular flexibility index (Phi) is 4.37. The molecular weight excluding hydrogens is 268 g/mol. The molecule has 0 fully saturated rings. The molecule has 0 radical (unpaired) electrons. The molecule has 0 unspecified atom stereocenters. The third-order valence-corrected chi connectivity index (χ3v) is 2.94. The third kappa shape index (κ3) is 3.88. The van der Waals surface area contributed by atoms with E-state index in [4.69, 9.17) is 0 Å². The van der Waals surface area contributed by atoms with Crippen LogP contribution in [0.25, 0.3) is 5.69 Å². The van der Waals surface area contributed by atoms with Gasteiger partial charge in [0.05, 0.1) is 17.5 Å². The first kappa shape index (κ1) is 15.2. The molecule has 2 rings (SSSR count). The van der Waals surface area contributed by atoms with Crippen molar-refractivity contribution in [3.05, 3.63) is 42.2 Å². The van der Waals surface area contributed by atoms with Gasteiger partial charge in [-0.15, -0.1) is 5.10 Å². The van der Waals surface area contributed by atoms with Crippen molar-refractivity contribution >= 4 is 5.91 Å². The van der Waals surface area contributed by atoms with Gasteiger partial charge in [-0.25, -0.2) is 0 Å². The first-order valence-electron chi connectivity index (χ1n) is 6.90.